The van der Waals surface area contributed by atoms with E-state index in [2.05, 4.69) is 15.8 Å². The molecule has 1 fully saturated rings. The van der Waals surface area contributed by atoms with Gasteiger partial charge in [-0.15, -0.1) is 0 Å². The van der Waals surface area contributed by atoms with Crippen LogP contribution in [0.15, 0.2) is 59.8 Å². The minimum absolute atomic E-state index is 0.228. The van der Waals surface area contributed by atoms with Crippen LogP contribution >= 0.6 is 0 Å². The van der Waals surface area contributed by atoms with E-state index in [0.717, 1.165) is 11.1 Å². The van der Waals surface area contributed by atoms with Crippen LogP contribution in [0.25, 0.3) is 0 Å². The van der Waals surface area contributed by atoms with Crippen LogP contribution in [-0.4, -0.2) is 51.9 Å². The van der Waals surface area contributed by atoms with Crippen LogP contribution in [0.1, 0.15) is 51.3 Å². The van der Waals surface area contributed by atoms with Gasteiger partial charge in [0, 0.05) is 11.6 Å². The van der Waals surface area contributed by atoms with Gasteiger partial charge < -0.3 is 25.5 Å². The number of nitrogens with one attached hydrogen (secondary N) is 2. The number of rotatable bonds is 6. The van der Waals surface area contributed by atoms with Gasteiger partial charge in [-0.2, -0.15) is 0 Å². The van der Waals surface area contributed by atoms with Crippen molar-refractivity contribution in [1.82, 2.24) is 10.2 Å². The Bertz CT molecular complexity index is 1130. The van der Waals surface area contributed by atoms with E-state index in [4.69, 9.17) is 4.74 Å². The van der Waals surface area contributed by atoms with E-state index < -0.39 is 41.5 Å². The second kappa shape index (κ2) is 11.2. The average molecular weight is 495 g/mol. The van der Waals surface area contributed by atoms with Crippen molar-refractivity contribution in [2.45, 2.75) is 58.7 Å². The molecule has 3 unspecified atom stereocenters. The van der Waals surface area contributed by atoms with E-state index in [1.165, 1.54) is 4.90 Å². The van der Waals surface area contributed by atoms with Crippen LogP contribution in [0, 0.1) is 12.8 Å². The zero-order valence-electron chi connectivity index (χ0n) is 21.3. The summed E-state index contributed by atoms with van der Waals surface area (Å²) >= 11 is 0. The van der Waals surface area contributed by atoms with Gasteiger partial charge in [0.05, 0.1) is 18.3 Å². The number of urea groups is 1. The minimum Gasteiger partial charge on any atom is -0.458 e. The number of hydrogen-bond donors (Lipinski definition) is 3. The van der Waals surface area contributed by atoms with Crippen LogP contribution in [0.4, 0.5) is 10.5 Å². The Labute approximate surface area is 211 Å². The van der Waals surface area contributed by atoms with Crippen LogP contribution in [0.3, 0.4) is 0 Å². The maximum Gasteiger partial charge on any atom is 0.329 e. The Balaban J connectivity index is 1.87. The molecule has 3 rings (SSSR count). The van der Waals surface area contributed by atoms with Gasteiger partial charge in [-0.05, 0) is 64.3 Å². The van der Waals surface area contributed by atoms with Crippen LogP contribution in [0.5, 0.6) is 0 Å². The highest BCUT2D eigenvalue weighted by molar-refractivity contribution is 5.95. The first kappa shape index (κ1) is 26.7. The standard InChI is InChI=1S/C27H34N4O5/c1-17-10-9-13-20(14-17)29-26(34)28-16-23(32)31-22(25(33)36-27(3,4)5)15-21(18(2)30-35)24(31)19-11-7-6-8-12-19/h6-14,21-22,24,35H,15-16H2,1-5H3,(H2,28,29,34)/b30-18+. The third kappa shape index (κ3) is 6.62. The van der Waals surface area contributed by atoms with Crippen molar-refractivity contribution in [3.63, 3.8) is 0 Å². The summed E-state index contributed by atoms with van der Waals surface area (Å²) in [5.74, 6) is -1.42. The predicted octanol–water partition coefficient (Wildman–Crippen LogP) is 4.27. The quantitative estimate of drug-likeness (QED) is 0.240. The zero-order valence-corrected chi connectivity index (χ0v) is 21.3. The van der Waals surface area contributed by atoms with Gasteiger partial charge in [0.25, 0.3) is 0 Å². The molecule has 36 heavy (non-hydrogen) atoms. The number of hydrogen-bond acceptors (Lipinski definition) is 6. The molecule has 1 saturated heterocycles. The molecule has 2 aromatic carbocycles. The lowest BCUT2D eigenvalue weighted by Crippen LogP contribution is -2.48. The van der Waals surface area contributed by atoms with Crippen molar-refractivity contribution < 1.29 is 24.3 Å². The van der Waals surface area contributed by atoms with Crippen LogP contribution < -0.4 is 10.6 Å². The predicted molar refractivity (Wildman–Crippen MR) is 137 cm³/mol. The molecule has 3 atom stereocenters. The Morgan fingerprint density at radius 2 is 1.81 bits per heavy atom. The average Bonchev–Trinajstić information content (AvgIpc) is 3.22. The van der Waals surface area contributed by atoms with E-state index in [9.17, 15) is 19.6 Å². The second-order valence-corrected chi connectivity index (χ2v) is 9.97. The first-order valence-electron chi connectivity index (χ1n) is 11.9. The molecule has 9 heteroatoms. The molecule has 9 nitrogen and oxygen atoms in total. The maximum absolute atomic E-state index is 13.6. The van der Waals surface area contributed by atoms with Crippen molar-refractivity contribution in [2.75, 3.05) is 11.9 Å². The number of ether oxygens (including phenoxy) is 1. The van der Waals surface area contributed by atoms with Crippen molar-refractivity contribution in [3.05, 3.63) is 65.7 Å². The number of benzene rings is 2. The van der Waals surface area contributed by atoms with Crippen LogP contribution in [0.2, 0.25) is 0 Å². The number of nitrogens with zero attached hydrogens (tertiary/aromatic N) is 2. The molecular formula is C27H34N4O5. The van der Waals surface area contributed by atoms with Crippen LogP contribution in [-0.2, 0) is 14.3 Å². The van der Waals surface area contributed by atoms with Gasteiger partial charge in [-0.3, -0.25) is 4.79 Å². The van der Waals surface area contributed by atoms with E-state index in [1.807, 2.05) is 55.5 Å². The highest BCUT2D eigenvalue weighted by atomic mass is 16.6. The molecular weight excluding hydrogens is 460 g/mol. The molecule has 3 amide bonds. The first-order valence-corrected chi connectivity index (χ1v) is 11.9. The van der Waals surface area contributed by atoms with Crippen molar-refractivity contribution in [3.8, 4) is 0 Å². The van der Waals surface area contributed by atoms with Gasteiger partial charge in [-0.1, -0.05) is 47.6 Å². The summed E-state index contributed by atoms with van der Waals surface area (Å²) in [6.07, 6.45) is 0.228. The van der Waals surface area contributed by atoms with E-state index in [1.54, 1.807) is 33.8 Å². The maximum atomic E-state index is 13.6. The third-order valence-electron chi connectivity index (χ3n) is 5.97. The minimum atomic E-state index is -0.912. The van der Waals surface area contributed by atoms with Crippen molar-refractivity contribution >= 4 is 29.3 Å². The number of carbonyl (C=O) groups is 3. The molecule has 0 saturated carbocycles. The van der Waals surface area contributed by atoms with E-state index in [0.29, 0.717) is 11.4 Å². The first-order chi connectivity index (χ1) is 17.0. The van der Waals surface area contributed by atoms with E-state index >= 15 is 0 Å². The monoisotopic (exact) mass is 494 g/mol. The molecule has 1 aliphatic rings. The fraction of sp³-hybridized carbons (Fsp3) is 0.407. The zero-order chi connectivity index (χ0) is 26.5. The molecule has 0 aliphatic carbocycles. The fourth-order valence-electron chi connectivity index (χ4n) is 4.44. The van der Waals surface area contributed by atoms with Gasteiger partial charge >= 0.3 is 12.0 Å². The lowest BCUT2D eigenvalue weighted by molar-refractivity contribution is -0.164. The number of carbonyl (C=O) groups excluding carboxylic acids is 3. The normalized spacial score (nSPS) is 20.1. The second-order valence-electron chi connectivity index (χ2n) is 9.97. The topological polar surface area (TPSA) is 120 Å². The molecule has 192 valence electrons. The molecule has 0 bridgehead atoms. The highest BCUT2D eigenvalue weighted by Gasteiger charge is 2.49. The number of oxime groups is 1. The Kier molecular flexibility index (Phi) is 8.34. The summed E-state index contributed by atoms with van der Waals surface area (Å²) in [6, 6.07) is 14.5. The summed E-state index contributed by atoms with van der Waals surface area (Å²) in [5.41, 5.74) is 2.02. The van der Waals surface area contributed by atoms with Gasteiger partial charge in [0.1, 0.15) is 11.6 Å². The number of amides is 3. The summed E-state index contributed by atoms with van der Waals surface area (Å²) in [7, 11) is 0. The smallest absolute Gasteiger partial charge is 0.329 e. The Hall–Kier alpha value is -3.88. The summed E-state index contributed by atoms with van der Waals surface area (Å²) in [5, 5.41) is 18.2. The molecule has 2 aromatic rings. The lowest BCUT2D eigenvalue weighted by atomic mass is 9.89. The van der Waals surface area contributed by atoms with Gasteiger partial charge in [0.15, 0.2) is 0 Å². The summed E-state index contributed by atoms with van der Waals surface area (Å²) in [6.45, 7) is 8.52. The van der Waals surface area contributed by atoms with Crippen molar-refractivity contribution in [1.29, 1.82) is 0 Å². The van der Waals surface area contributed by atoms with E-state index in [-0.39, 0.29) is 13.0 Å². The fourth-order valence-corrected chi connectivity index (χ4v) is 4.44. The number of likely N-dealkylation sites (tertiary alicyclic amines) is 1. The molecule has 1 heterocycles. The highest BCUT2D eigenvalue weighted by Crippen LogP contribution is 2.42. The summed E-state index contributed by atoms with van der Waals surface area (Å²) < 4.78 is 5.63. The molecule has 3 N–H and O–H groups in total. The largest absolute Gasteiger partial charge is 0.458 e. The Morgan fingerprint density at radius 1 is 1.11 bits per heavy atom. The Morgan fingerprint density at radius 3 is 2.42 bits per heavy atom. The molecule has 1 aliphatic heterocycles. The van der Waals surface area contributed by atoms with Crippen molar-refractivity contribution in [2.24, 2.45) is 11.1 Å². The SMILES string of the molecule is C/C(=N\O)C1CC(C(=O)OC(C)(C)C)N(C(=O)CNC(=O)Nc2cccc(C)c2)C1c1ccccc1. The number of aryl methyl sites for hydroxylation is 1. The number of esters is 1. The molecule has 0 spiro atoms. The molecule has 0 radical (unpaired) electrons. The lowest BCUT2D eigenvalue weighted by Gasteiger charge is -2.32. The summed E-state index contributed by atoms with van der Waals surface area (Å²) in [4.78, 5) is 40.7. The third-order valence-corrected chi connectivity index (χ3v) is 5.97. The molecule has 0 aromatic heterocycles. The van der Waals surface area contributed by atoms with Gasteiger partial charge in [0.2, 0.25) is 5.91 Å². The number of anilines is 1. The van der Waals surface area contributed by atoms with Gasteiger partial charge in [-0.25, -0.2) is 9.59 Å².